The number of ether oxygens (including phenoxy) is 1. The smallest absolute Gasteiger partial charge is 0.410 e. The first-order valence-corrected chi connectivity index (χ1v) is 9.25. The van der Waals surface area contributed by atoms with Crippen LogP contribution in [0.4, 0.5) is 4.79 Å². The summed E-state index contributed by atoms with van der Waals surface area (Å²) < 4.78 is 31.8. The zero-order valence-electron chi connectivity index (χ0n) is 14.8. The average molecular weight is 334 g/mol. The Morgan fingerprint density at radius 2 is 1.73 bits per heavy atom. The first kappa shape index (κ1) is 19.2. The fourth-order valence-corrected chi connectivity index (χ4v) is 3.24. The molecule has 0 aliphatic carbocycles. The molecular formula is C15H30N2O4S. The van der Waals surface area contributed by atoms with Crippen LogP contribution in [-0.2, 0) is 14.8 Å². The monoisotopic (exact) mass is 334 g/mol. The molecule has 0 aromatic carbocycles. The Labute approximate surface area is 134 Å². The van der Waals surface area contributed by atoms with E-state index in [0.29, 0.717) is 19.5 Å². The molecule has 1 aliphatic heterocycles. The molecule has 22 heavy (non-hydrogen) atoms. The third-order valence-corrected chi connectivity index (χ3v) is 5.91. The van der Waals surface area contributed by atoms with Gasteiger partial charge in [0.25, 0.3) is 0 Å². The summed E-state index contributed by atoms with van der Waals surface area (Å²) >= 11 is 0. The Kier molecular flexibility index (Phi) is 5.55. The van der Waals surface area contributed by atoms with E-state index in [9.17, 15) is 13.2 Å². The van der Waals surface area contributed by atoms with Gasteiger partial charge in [-0.2, -0.15) is 0 Å². The van der Waals surface area contributed by atoms with Gasteiger partial charge in [0.05, 0.1) is 4.75 Å². The molecule has 0 aromatic heterocycles. The van der Waals surface area contributed by atoms with Crippen LogP contribution in [0.25, 0.3) is 0 Å². The van der Waals surface area contributed by atoms with Crippen LogP contribution in [0.3, 0.4) is 0 Å². The van der Waals surface area contributed by atoms with Gasteiger partial charge in [-0.05, 0) is 48.0 Å². The van der Waals surface area contributed by atoms with Gasteiger partial charge in [-0.15, -0.1) is 0 Å². The highest BCUT2D eigenvalue weighted by Crippen LogP contribution is 2.25. The van der Waals surface area contributed by atoms with Crippen LogP contribution < -0.4 is 4.72 Å². The lowest BCUT2D eigenvalue weighted by Gasteiger charge is -2.43. The van der Waals surface area contributed by atoms with Crippen molar-refractivity contribution in [2.45, 2.75) is 71.3 Å². The molecule has 130 valence electrons. The Morgan fingerprint density at radius 1 is 1.23 bits per heavy atom. The molecule has 0 saturated carbocycles. The van der Waals surface area contributed by atoms with Crippen molar-refractivity contribution in [1.29, 1.82) is 0 Å². The van der Waals surface area contributed by atoms with Gasteiger partial charge >= 0.3 is 6.09 Å². The predicted octanol–water partition coefficient (Wildman–Crippen LogP) is 2.35. The molecule has 7 heteroatoms. The Morgan fingerprint density at radius 3 is 2.09 bits per heavy atom. The molecule has 0 spiro atoms. The fourth-order valence-electron chi connectivity index (χ4n) is 2.13. The van der Waals surface area contributed by atoms with Crippen molar-refractivity contribution in [3.63, 3.8) is 0 Å². The number of hydrogen-bond acceptors (Lipinski definition) is 4. The van der Waals surface area contributed by atoms with Gasteiger partial charge in [-0.3, -0.25) is 0 Å². The van der Waals surface area contributed by atoms with Crippen LogP contribution in [-0.4, -0.2) is 48.9 Å². The number of amides is 1. The number of rotatable bonds is 4. The van der Waals surface area contributed by atoms with E-state index in [4.69, 9.17) is 4.74 Å². The van der Waals surface area contributed by atoms with E-state index < -0.39 is 20.4 Å². The minimum atomic E-state index is -3.38. The molecule has 6 nitrogen and oxygen atoms in total. The predicted molar refractivity (Wildman–Crippen MR) is 87.2 cm³/mol. The standard InChI is InChI=1S/C15H30N2O4S/c1-8-12(16-22(19,20)15(5,6)7)11-9-17(10-11)13(18)21-14(2,3)4/h11-12,16H,8-10H2,1-7H3. The first-order chi connectivity index (χ1) is 9.77. The number of nitrogens with one attached hydrogen (secondary N) is 1. The fraction of sp³-hybridized carbons (Fsp3) is 0.933. The summed E-state index contributed by atoms with van der Waals surface area (Å²) in [4.78, 5) is 13.5. The minimum absolute atomic E-state index is 0.134. The summed E-state index contributed by atoms with van der Waals surface area (Å²) in [5, 5.41) is 0. The van der Waals surface area contributed by atoms with Crippen molar-refractivity contribution in [2.24, 2.45) is 5.92 Å². The molecule has 0 aromatic rings. The second-order valence-corrected chi connectivity index (χ2v) is 10.4. The average Bonchev–Trinajstić information content (AvgIpc) is 2.20. The number of likely N-dealkylation sites (tertiary alicyclic amines) is 1. The molecule has 1 heterocycles. The molecule has 1 amide bonds. The van der Waals surface area contributed by atoms with Gasteiger partial charge < -0.3 is 9.64 Å². The third kappa shape index (κ3) is 4.84. The lowest BCUT2D eigenvalue weighted by molar-refractivity contribution is -0.00568. The van der Waals surface area contributed by atoms with E-state index in [1.807, 2.05) is 27.7 Å². The Bertz CT molecular complexity index is 497. The van der Waals surface area contributed by atoms with Gasteiger partial charge in [0.1, 0.15) is 5.60 Å². The molecule has 0 radical (unpaired) electrons. The van der Waals surface area contributed by atoms with Crippen LogP contribution >= 0.6 is 0 Å². The summed E-state index contributed by atoms with van der Waals surface area (Å²) in [6.07, 6.45) is 0.361. The van der Waals surface area contributed by atoms with Crippen molar-refractivity contribution in [3.05, 3.63) is 0 Å². The van der Waals surface area contributed by atoms with Crippen LogP contribution in [0.15, 0.2) is 0 Å². The molecule has 1 rings (SSSR count). The van der Waals surface area contributed by atoms with Crippen molar-refractivity contribution < 1.29 is 17.9 Å². The highest BCUT2D eigenvalue weighted by molar-refractivity contribution is 7.90. The molecular weight excluding hydrogens is 304 g/mol. The second kappa shape index (κ2) is 6.35. The largest absolute Gasteiger partial charge is 0.444 e. The number of carbonyl (C=O) groups is 1. The van der Waals surface area contributed by atoms with E-state index in [2.05, 4.69) is 4.72 Å². The first-order valence-electron chi connectivity index (χ1n) is 7.76. The van der Waals surface area contributed by atoms with Crippen molar-refractivity contribution in [2.75, 3.05) is 13.1 Å². The number of carbonyl (C=O) groups excluding carboxylic acids is 1. The Balaban J connectivity index is 2.59. The highest BCUT2D eigenvalue weighted by atomic mass is 32.2. The van der Waals surface area contributed by atoms with Gasteiger partial charge in [-0.1, -0.05) is 6.92 Å². The number of nitrogens with zero attached hydrogens (tertiary/aromatic N) is 1. The van der Waals surface area contributed by atoms with Crippen LogP contribution in [0, 0.1) is 5.92 Å². The molecule has 0 bridgehead atoms. The maximum Gasteiger partial charge on any atom is 0.410 e. The summed E-state index contributed by atoms with van der Waals surface area (Å²) in [5.74, 6) is 0.134. The molecule has 1 N–H and O–H groups in total. The quantitative estimate of drug-likeness (QED) is 0.856. The summed E-state index contributed by atoms with van der Waals surface area (Å²) in [7, 11) is -3.38. The van der Waals surface area contributed by atoms with E-state index in [1.54, 1.807) is 25.7 Å². The normalized spacial score (nSPS) is 18.8. The van der Waals surface area contributed by atoms with Gasteiger partial charge in [-0.25, -0.2) is 17.9 Å². The van der Waals surface area contributed by atoms with E-state index in [0.717, 1.165) is 0 Å². The van der Waals surface area contributed by atoms with Crippen LogP contribution in [0.5, 0.6) is 0 Å². The van der Waals surface area contributed by atoms with Crippen molar-refractivity contribution >= 4 is 16.1 Å². The minimum Gasteiger partial charge on any atom is -0.444 e. The number of hydrogen-bond donors (Lipinski definition) is 1. The van der Waals surface area contributed by atoms with Crippen LogP contribution in [0.1, 0.15) is 54.9 Å². The van der Waals surface area contributed by atoms with Crippen LogP contribution in [0.2, 0.25) is 0 Å². The van der Waals surface area contributed by atoms with Gasteiger partial charge in [0.15, 0.2) is 0 Å². The maximum absolute atomic E-state index is 12.3. The topological polar surface area (TPSA) is 75.7 Å². The zero-order valence-corrected chi connectivity index (χ0v) is 15.6. The molecule has 1 atom stereocenters. The summed E-state index contributed by atoms with van der Waals surface area (Å²) in [6.45, 7) is 13.5. The molecule has 1 fully saturated rings. The zero-order chi connectivity index (χ0) is 17.3. The van der Waals surface area contributed by atoms with Crippen molar-refractivity contribution in [3.8, 4) is 0 Å². The Hall–Kier alpha value is -0.820. The second-order valence-electron chi connectivity index (χ2n) is 7.89. The lowest BCUT2D eigenvalue weighted by atomic mass is 9.91. The summed E-state index contributed by atoms with van der Waals surface area (Å²) in [5.41, 5.74) is -0.514. The third-order valence-electron chi connectivity index (χ3n) is 3.68. The highest BCUT2D eigenvalue weighted by Gasteiger charge is 2.40. The van der Waals surface area contributed by atoms with Gasteiger partial charge in [0.2, 0.25) is 10.0 Å². The maximum atomic E-state index is 12.3. The number of sulfonamides is 1. The van der Waals surface area contributed by atoms with E-state index >= 15 is 0 Å². The molecule has 1 aliphatic rings. The van der Waals surface area contributed by atoms with Crippen molar-refractivity contribution in [1.82, 2.24) is 9.62 Å². The molecule has 1 unspecified atom stereocenters. The molecule has 1 saturated heterocycles. The van der Waals surface area contributed by atoms with Gasteiger partial charge in [0, 0.05) is 25.0 Å². The van der Waals surface area contributed by atoms with E-state index in [1.165, 1.54) is 0 Å². The lowest BCUT2D eigenvalue weighted by Crippen LogP contribution is -2.60. The SMILES string of the molecule is CCC(NS(=O)(=O)C(C)(C)C)C1CN(C(=O)OC(C)(C)C)C1. The van der Waals surface area contributed by atoms with E-state index in [-0.39, 0.29) is 18.1 Å². The summed E-state index contributed by atoms with van der Waals surface area (Å²) in [6, 6.07) is -0.150.